The fourth-order valence-electron chi connectivity index (χ4n) is 4.56. The standard InChI is InChI=1S/C30H34Cl2N6O4.2C2HF3O2/c31-19-5-7-21-23(17-37-25(21)15-19)27(39)29(41)35-13-3-11-33-9-1-2-10-34-12-4-14-36-30(42)28(40)24-18-38-26-16-20(32)6-8-22(24)26;2*3-2(4,5)1(6)7/h5-8,15-18,33-34,37-38H,1-4,9-14H2,(H,35,41)(H,36,42);2*(H,6,7). The summed E-state index contributed by atoms with van der Waals surface area (Å²) in [5.41, 5.74) is 2.09. The van der Waals surface area contributed by atoms with Gasteiger partial charge >= 0.3 is 24.3 Å². The summed E-state index contributed by atoms with van der Waals surface area (Å²) in [5, 5.41) is 28.7. The lowest BCUT2D eigenvalue weighted by Crippen LogP contribution is -2.33. The average molecular weight is 842 g/mol. The number of carbonyl (C=O) groups excluding carboxylic acids is 4. The number of Topliss-reactive ketones (excluding diaryl/α,β-unsaturated/α-hetero) is 2. The van der Waals surface area contributed by atoms with Crippen LogP contribution in [0.1, 0.15) is 46.4 Å². The Morgan fingerprint density at radius 3 is 1.20 bits per heavy atom. The molecule has 56 heavy (non-hydrogen) atoms. The number of alkyl halides is 6. The molecule has 2 aromatic carbocycles. The van der Waals surface area contributed by atoms with Gasteiger partial charge in [0.2, 0.25) is 0 Å². The first-order valence-corrected chi connectivity index (χ1v) is 17.2. The average Bonchev–Trinajstić information content (AvgIpc) is 3.74. The van der Waals surface area contributed by atoms with Crippen LogP contribution < -0.4 is 21.3 Å². The molecule has 0 spiro atoms. The molecule has 2 amide bonds. The van der Waals surface area contributed by atoms with Gasteiger partial charge in [-0.05, 0) is 76.1 Å². The van der Waals surface area contributed by atoms with Crippen molar-refractivity contribution >= 4 is 80.3 Å². The zero-order chi connectivity index (χ0) is 42.1. The number of aromatic amines is 2. The summed E-state index contributed by atoms with van der Waals surface area (Å²) < 4.78 is 63.5. The van der Waals surface area contributed by atoms with Crippen LogP contribution in [0.25, 0.3) is 21.8 Å². The number of benzene rings is 2. The molecule has 2 aromatic heterocycles. The fraction of sp³-hybridized carbons (Fsp3) is 0.353. The smallest absolute Gasteiger partial charge is 0.475 e. The molecule has 0 aliphatic rings. The number of carbonyl (C=O) groups is 6. The van der Waals surface area contributed by atoms with Crippen molar-refractivity contribution in [2.75, 3.05) is 39.3 Å². The normalized spacial score (nSPS) is 11.2. The van der Waals surface area contributed by atoms with Gasteiger partial charge in [-0.1, -0.05) is 35.3 Å². The van der Waals surface area contributed by atoms with Crippen LogP contribution in [0.4, 0.5) is 26.3 Å². The van der Waals surface area contributed by atoms with E-state index in [4.69, 9.17) is 43.0 Å². The van der Waals surface area contributed by atoms with Crippen molar-refractivity contribution in [3.8, 4) is 0 Å². The minimum Gasteiger partial charge on any atom is -0.475 e. The third-order valence-corrected chi connectivity index (χ3v) is 7.73. The highest BCUT2D eigenvalue weighted by atomic mass is 35.5. The van der Waals surface area contributed by atoms with E-state index in [1.165, 1.54) is 12.4 Å². The lowest BCUT2D eigenvalue weighted by Gasteiger charge is -2.08. The molecule has 0 fully saturated rings. The van der Waals surface area contributed by atoms with E-state index in [1.54, 1.807) is 36.4 Å². The highest BCUT2D eigenvalue weighted by molar-refractivity contribution is 6.45. The van der Waals surface area contributed by atoms with Crippen LogP contribution in [-0.4, -0.2) is 107 Å². The van der Waals surface area contributed by atoms with Gasteiger partial charge in [-0.25, -0.2) is 9.59 Å². The molecule has 0 aliphatic carbocycles. The second kappa shape index (κ2) is 22.4. The molecular weight excluding hydrogens is 805 g/mol. The molecule has 0 bridgehead atoms. The third kappa shape index (κ3) is 15.9. The number of aliphatic carboxylic acids is 2. The number of H-pyrrole nitrogens is 2. The van der Waals surface area contributed by atoms with Crippen LogP contribution in [0.15, 0.2) is 48.8 Å². The van der Waals surface area contributed by atoms with Gasteiger partial charge in [0.05, 0.1) is 11.1 Å². The molecule has 0 unspecified atom stereocenters. The summed E-state index contributed by atoms with van der Waals surface area (Å²) in [6, 6.07) is 10.3. The molecule has 22 heteroatoms. The number of carboxylic acids is 2. The Morgan fingerprint density at radius 1 is 0.554 bits per heavy atom. The van der Waals surface area contributed by atoms with Crippen LogP contribution in [-0.2, 0) is 19.2 Å². The predicted molar refractivity (Wildman–Crippen MR) is 193 cm³/mol. The van der Waals surface area contributed by atoms with Crippen molar-refractivity contribution in [2.24, 2.45) is 0 Å². The van der Waals surface area contributed by atoms with Gasteiger partial charge in [-0.3, -0.25) is 19.2 Å². The minimum atomic E-state index is -5.08. The number of rotatable bonds is 17. The maximum Gasteiger partial charge on any atom is 0.490 e. The molecule has 0 saturated heterocycles. The lowest BCUT2D eigenvalue weighted by molar-refractivity contribution is -0.193. The summed E-state index contributed by atoms with van der Waals surface area (Å²) in [4.78, 5) is 73.2. The van der Waals surface area contributed by atoms with Crippen LogP contribution in [0, 0.1) is 0 Å². The SMILES string of the molecule is O=C(NCCCNCCCCNCCCNC(=O)C(=O)c1c[nH]c2cc(Cl)ccc12)C(=O)c1c[nH]c2cc(Cl)ccc12.O=C(O)C(F)(F)F.O=C(O)C(F)(F)F. The number of aromatic nitrogens is 2. The molecule has 0 radical (unpaired) electrons. The molecule has 0 aliphatic heterocycles. The summed E-state index contributed by atoms with van der Waals surface area (Å²) in [6.45, 7) is 3.99. The molecular formula is C34H36Cl2F6N6O8. The summed E-state index contributed by atoms with van der Waals surface area (Å²) in [7, 11) is 0. The first-order chi connectivity index (χ1) is 26.2. The van der Waals surface area contributed by atoms with E-state index in [0.717, 1.165) is 39.0 Å². The first kappa shape index (κ1) is 47.0. The number of ketones is 2. The van der Waals surface area contributed by atoms with Gasteiger partial charge in [0.25, 0.3) is 23.4 Å². The topological polar surface area (TPSA) is 223 Å². The largest absolute Gasteiger partial charge is 0.490 e. The van der Waals surface area contributed by atoms with E-state index in [1.807, 2.05) is 0 Å². The van der Waals surface area contributed by atoms with Gasteiger partial charge in [0, 0.05) is 57.3 Å². The number of fused-ring (bicyclic) bond motifs is 2. The number of hydrogen-bond acceptors (Lipinski definition) is 8. The van der Waals surface area contributed by atoms with Gasteiger partial charge < -0.3 is 41.4 Å². The van der Waals surface area contributed by atoms with Crippen molar-refractivity contribution in [2.45, 2.75) is 38.0 Å². The van der Waals surface area contributed by atoms with Crippen LogP contribution in [0.3, 0.4) is 0 Å². The first-order valence-electron chi connectivity index (χ1n) is 16.4. The third-order valence-electron chi connectivity index (χ3n) is 7.26. The molecule has 8 N–H and O–H groups in total. The van der Waals surface area contributed by atoms with Gasteiger partial charge in [-0.15, -0.1) is 0 Å². The van der Waals surface area contributed by atoms with Crippen LogP contribution >= 0.6 is 23.2 Å². The summed E-state index contributed by atoms with van der Waals surface area (Å²) in [6.07, 6.45) is -3.70. The van der Waals surface area contributed by atoms with E-state index in [2.05, 4.69) is 31.2 Å². The molecule has 4 rings (SSSR count). The van der Waals surface area contributed by atoms with E-state index in [-0.39, 0.29) is 0 Å². The highest BCUT2D eigenvalue weighted by Crippen LogP contribution is 2.23. The fourth-order valence-corrected chi connectivity index (χ4v) is 4.90. The quantitative estimate of drug-likeness (QED) is 0.0298. The Bertz CT molecular complexity index is 1840. The van der Waals surface area contributed by atoms with E-state index in [0.29, 0.717) is 68.9 Å². The maximum absolute atomic E-state index is 12.5. The molecule has 2 heterocycles. The summed E-state index contributed by atoms with van der Waals surface area (Å²) in [5.74, 6) is -7.90. The Hall–Kier alpha value is -5.18. The maximum atomic E-state index is 12.5. The Balaban J connectivity index is 0.000000657. The zero-order valence-corrected chi connectivity index (χ0v) is 30.6. The van der Waals surface area contributed by atoms with Gasteiger partial charge in [0.1, 0.15) is 0 Å². The molecule has 0 atom stereocenters. The Kier molecular flexibility index (Phi) is 18.8. The zero-order valence-electron chi connectivity index (χ0n) is 29.1. The van der Waals surface area contributed by atoms with Crippen LogP contribution in [0.5, 0.6) is 0 Å². The molecule has 306 valence electrons. The van der Waals surface area contributed by atoms with Crippen molar-refractivity contribution in [1.82, 2.24) is 31.2 Å². The monoisotopic (exact) mass is 840 g/mol. The van der Waals surface area contributed by atoms with Crippen molar-refractivity contribution in [1.29, 1.82) is 0 Å². The van der Waals surface area contributed by atoms with E-state index in [9.17, 15) is 45.5 Å². The number of unbranched alkanes of at least 4 members (excludes halogenated alkanes) is 1. The predicted octanol–water partition coefficient (Wildman–Crippen LogP) is 5.26. The van der Waals surface area contributed by atoms with Crippen molar-refractivity contribution < 1.29 is 65.3 Å². The van der Waals surface area contributed by atoms with E-state index < -0.39 is 47.7 Å². The Labute approximate surface area is 323 Å². The highest BCUT2D eigenvalue weighted by Gasteiger charge is 2.39. The minimum absolute atomic E-state index is 0.332. The number of carboxylic acid groups (broad SMARTS) is 2. The molecule has 4 aromatic rings. The van der Waals surface area contributed by atoms with E-state index >= 15 is 0 Å². The molecule has 0 saturated carbocycles. The molecule has 14 nitrogen and oxygen atoms in total. The second-order valence-electron chi connectivity index (χ2n) is 11.5. The van der Waals surface area contributed by atoms with Crippen LogP contribution in [0.2, 0.25) is 10.0 Å². The number of amides is 2. The van der Waals surface area contributed by atoms with Crippen molar-refractivity contribution in [3.63, 3.8) is 0 Å². The van der Waals surface area contributed by atoms with Gasteiger partial charge in [0.15, 0.2) is 0 Å². The lowest BCUT2D eigenvalue weighted by atomic mass is 10.1. The van der Waals surface area contributed by atoms with Crippen molar-refractivity contribution in [3.05, 3.63) is 70.0 Å². The second-order valence-corrected chi connectivity index (χ2v) is 12.3. The Morgan fingerprint density at radius 2 is 0.875 bits per heavy atom. The number of nitrogens with one attached hydrogen (secondary N) is 6. The number of hydrogen-bond donors (Lipinski definition) is 8. The number of halogens is 8. The summed E-state index contributed by atoms with van der Waals surface area (Å²) >= 11 is 11.9. The van der Waals surface area contributed by atoms with Gasteiger partial charge in [-0.2, -0.15) is 26.3 Å².